The van der Waals surface area contributed by atoms with Crippen molar-refractivity contribution < 1.29 is 4.79 Å². The highest BCUT2D eigenvalue weighted by Crippen LogP contribution is 2.19. The number of anilines is 1. The summed E-state index contributed by atoms with van der Waals surface area (Å²) in [5, 5.41) is 2.98. The summed E-state index contributed by atoms with van der Waals surface area (Å²) in [5.74, 6) is 0.0170. The zero-order valence-electron chi connectivity index (χ0n) is 13.0. The fourth-order valence-electron chi connectivity index (χ4n) is 2.37. The van der Waals surface area contributed by atoms with Crippen molar-refractivity contribution in [3.05, 3.63) is 42.1 Å². The van der Waals surface area contributed by atoms with E-state index < -0.39 is 0 Å². The number of nitrogens with one attached hydrogen (secondary N) is 1. The van der Waals surface area contributed by atoms with Gasteiger partial charge in [-0.05, 0) is 64.2 Å². The molecule has 0 fully saturated rings. The second-order valence-electron chi connectivity index (χ2n) is 5.68. The first-order valence-electron chi connectivity index (χ1n) is 7.63. The number of carbonyl (C=O) groups excluding carboxylic acids is 1. The molecule has 0 atom stereocenters. The summed E-state index contributed by atoms with van der Waals surface area (Å²) in [6.07, 6.45) is 7.47. The predicted octanol–water partition coefficient (Wildman–Crippen LogP) is 2.48. The van der Waals surface area contributed by atoms with Gasteiger partial charge in [-0.25, -0.2) is 0 Å². The molecule has 1 N–H and O–H groups in total. The van der Waals surface area contributed by atoms with Crippen LogP contribution in [0, 0.1) is 0 Å². The number of unbranched alkanes of at least 4 members (excludes halogenated alkanes) is 1. The summed E-state index contributed by atoms with van der Waals surface area (Å²) in [6, 6.07) is 7.82. The lowest BCUT2D eigenvalue weighted by molar-refractivity contribution is 0.0953. The summed E-state index contributed by atoms with van der Waals surface area (Å²) >= 11 is 0. The van der Waals surface area contributed by atoms with Crippen LogP contribution in [-0.2, 0) is 0 Å². The maximum atomic E-state index is 12.0. The molecule has 0 bridgehead atoms. The van der Waals surface area contributed by atoms with Crippen LogP contribution in [0.4, 0.5) is 5.69 Å². The summed E-state index contributed by atoms with van der Waals surface area (Å²) in [7, 11) is 4.13. The van der Waals surface area contributed by atoms with Crippen LogP contribution < -0.4 is 10.2 Å². The molecule has 21 heavy (non-hydrogen) atoms. The molecule has 1 amide bonds. The van der Waals surface area contributed by atoms with Gasteiger partial charge >= 0.3 is 0 Å². The van der Waals surface area contributed by atoms with E-state index in [0.717, 1.165) is 50.1 Å². The van der Waals surface area contributed by atoms with Crippen LogP contribution in [0.25, 0.3) is 0 Å². The van der Waals surface area contributed by atoms with Crippen molar-refractivity contribution in [3.63, 3.8) is 0 Å². The van der Waals surface area contributed by atoms with E-state index in [-0.39, 0.29) is 5.91 Å². The van der Waals surface area contributed by atoms with Gasteiger partial charge in [-0.15, -0.1) is 0 Å². The summed E-state index contributed by atoms with van der Waals surface area (Å²) < 4.78 is 0. The molecule has 0 aromatic heterocycles. The third-order valence-corrected chi connectivity index (χ3v) is 3.60. The Morgan fingerprint density at radius 3 is 2.62 bits per heavy atom. The monoisotopic (exact) mass is 287 g/mol. The van der Waals surface area contributed by atoms with Crippen LogP contribution >= 0.6 is 0 Å². The van der Waals surface area contributed by atoms with E-state index in [4.69, 9.17) is 0 Å². The van der Waals surface area contributed by atoms with Crippen LogP contribution in [0.2, 0.25) is 0 Å². The van der Waals surface area contributed by atoms with Crippen molar-refractivity contribution in [2.45, 2.75) is 19.3 Å². The average molecular weight is 287 g/mol. The molecule has 0 saturated heterocycles. The first kappa shape index (κ1) is 15.6. The maximum absolute atomic E-state index is 12.0. The zero-order valence-corrected chi connectivity index (χ0v) is 13.0. The number of amides is 1. The van der Waals surface area contributed by atoms with Gasteiger partial charge < -0.3 is 15.1 Å². The van der Waals surface area contributed by atoms with E-state index in [1.807, 2.05) is 24.3 Å². The summed E-state index contributed by atoms with van der Waals surface area (Å²) in [5.41, 5.74) is 1.88. The molecule has 4 nitrogen and oxygen atoms in total. The molecule has 0 aliphatic carbocycles. The van der Waals surface area contributed by atoms with Crippen molar-refractivity contribution in [2.24, 2.45) is 0 Å². The maximum Gasteiger partial charge on any atom is 0.251 e. The van der Waals surface area contributed by atoms with Gasteiger partial charge in [-0.1, -0.05) is 6.08 Å². The minimum Gasteiger partial charge on any atom is -0.352 e. The average Bonchev–Trinajstić information content (AvgIpc) is 3.01. The third-order valence-electron chi connectivity index (χ3n) is 3.60. The molecule has 1 aromatic rings. The Kier molecular flexibility index (Phi) is 5.81. The largest absolute Gasteiger partial charge is 0.352 e. The minimum atomic E-state index is 0.0170. The number of benzene rings is 1. The Morgan fingerprint density at radius 2 is 2.00 bits per heavy atom. The SMILES string of the molecule is CN(C)CCCCNC(=O)c1ccc(N2C=CCC2)cc1. The summed E-state index contributed by atoms with van der Waals surface area (Å²) in [4.78, 5) is 16.4. The van der Waals surface area contributed by atoms with Gasteiger partial charge in [-0.3, -0.25) is 4.79 Å². The van der Waals surface area contributed by atoms with Crippen LogP contribution in [-0.4, -0.2) is 44.5 Å². The van der Waals surface area contributed by atoms with Gasteiger partial charge in [0.2, 0.25) is 0 Å². The van der Waals surface area contributed by atoms with Crippen LogP contribution in [0.5, 0.6) is 0 Å². The van der Waals surface area contributed by atoms with Crippen LogP contribution in [0.3, 0.4) is 0 Å². The van der Waals surface area contributed by atoms with E-state index in [2.05, 4.69) is 41.5 Å². The van der Waals surface area contributed by atoms with E-state index in [9.17, 15) is 4.79 Å². The number of nitrogens with zero attached hydrogens (tertiary/aromatic N) is 2. The zero-order chi connectivity index (χ0) is 15.1. The molecule has 0 saturated carbocycles. The number of hydrogen-bond donors (Lipinski definition) is 1. The Bertz CT molecular complexity index is 479. The van der Waals surface area contributed by atoms with E-state index in [1.54, 1.807) is 0 Å². The van der Waals surface area contributed by atoms with Gasteiger partial charge in [-0.2, -0.15) is 0 Å². The Labute approximate surface area is 127 Å². The lowest BCUT2D eigenvalue weighted by Crippen LogP contribution is -2.25. The lowest BCUT2D eigenvalue weighted by Gasteiger charge is -2.15. The van der Waals surface area contributed by atoms with Crippen molar-refractivity contribution in [1.29, 1.82) is 0 Å². The highest BCUT2D eigenvalue weighted by atomic mass is 16.1. The fourth-order valence-corrected chi connectivity index (χ4v) is 2.37. The lowest BCUT2D eigenvalue weighted by atomic mass is 10.2. The molecule has 0 unspecified atom stereocenters. The fraction of sp³-hybridized carbons (Fsp3) is 0.471. The highest BCUT2D eigenvalue weighted by molar-refractivity contribution is 5.94. The third kappa shape index (κ3) is 4.90. The van der Waals surface area contributed by atoms with Crippen molar-refractivity contribution in [1.82, 2.24) is 10.2 Å². The first-order valence-corrected chi connectivity index (χ1v) is 7.63. The van der Waals surface area contributed by atoms with E-state index in [1.165, 1.54) is 0 Å². The highest BCUT2D eigenvalue weighted by Gasteiger charge is 2.09. The second-order valence-corrected chi connectivity index (χ2v) is 5.68. The van der Waals surface area contributed by atoms with Gasteiger partial charge in [0.1, 0.15) is 0 Å². The molecule has 0 spiro atoms. The number of rotatable bonds is 7. The molecular weight excluding hydrogens is 262 g/mol. The molecule has 1 aliphatic rings. The van der Waals surface area contributed by atoms with Gasteiger partial charge in [0, 0.05) is 30.5 Å². The van der Waals surface area contributed by atoms with Crippen molar-refractivity contribution in [2.75, 3.05) is 38.6 Å². The quantitative estimate of drug-likeness (QED) is 0.783. The Hall–Kier alpha value is -1.81. The van der Waals surface area contributed by atoms with Crippen LogP contribution in [0.15, 0.2) is 36.5 Å². The molecule has 0 radical (unpaired) electrons. The molecular formula is C17H25N3O. The van der Waals surface area contributed by atoms with Crippen molar-refractivity contribution >= 4 is 11.6 Å². The molecule has 2 rings (SSSR count). The minimum absolute atomic E-state index is 0.0170. The second kappa shape index (κ2) is 7.84. The normalized spacial score (nSPS) is 14.0. The topological polar surface area (TPSA) is 35.6 Å². The molecule has 4 heteroatoms. The van der Waals surface area contributed by atoms with Gasteiger partial charge in [0.15, 0.2) is 0 Å². The molecule has 114 valence electrons. The number of carbonyl (C=O) groups is 1. The standard InChI is InChI=1S/C17H25N3O/c1-19(2)12-4-3-11-18-17(21)15-7-9-16(10-8-15)20-13-5-6-14-20/h5,7-10,13H,3-4,6,11-12,14H2,1-2H3,(H,18,21). The predicted molar refractivity (Wildman–Crippen MR) is 87.7 cm³/mol. The van der Waals surface area contributed by atoms with Crippen molar-refractivity contribution in [3.8, 4) is 0 Å². The van der Waals surface area contributed by atoms with Gasteiger partial charge in [0.25, 0.3) is 5.91 Å². The molecule has 1 aliphatic heterocycles. The Balaban J connectivity index is 1.76. The number of hydrogen-bond acceptors (Lipinski definition) is 3. The summed E-state index contributed by atoms with van der Waals surface area (Å²) in [6.45, 7) is 2.83. The molecule has 1 heterocycles. The van der Waals surface area contributed by atoms with E-state index >= 15 is 0 Å². The van der Waals surface area contributed by atoms with Crippen LogP contribution in [0.1, 0.15) is 29.6 Å². The first-order chi connectivity index (χ1) is 10.2. The van der Waals surface area contributed by atoms with Gasteiger partial charge in [0.05, 0.1) is 0 Å². The van der Waals surface area contributed by atoms with E-state index in [0.29, 0.717) is 0 Å². The smallest absolute Gasteiger partial charge is 0.251 e. The molecule has 1 aromatic carbocycles. The Morgan fingerprint density at radius 1 is 1.24 bits per heavy atom.